The van der Waals surface area contributed by atoms with Gasteiger partial charge in [0.1, 0.15) is 11.5 Å². The first kappa shape index (κ1) is 33.5. The Labute approximate surface area is 270 Å². The van der Waals surface area contributed by atoms with E-state index in [0.29, 0.717) is 24.2 Å². The fourth-order valence-corrected chi connectivity index (χ4v) is 6.02. The molecular weight excluding hydrogens is 611 g/mol. The van der Waals surface area contributed by atoms with Gasteiger partial charge in [0.25, 0.3) is 0 Å². The van der Waals surface area contributed by atoms with E-state index in [4.69, 9.17) is 14.5 Å². The number of aliphatic hydroxyl groups excluding tert-OH is 1. The predicted molar refractivity (Wildman–Crippen MR) is 173 cm³/mol. The molecule has 2 atom stereocenters. The Morgan fingerprint density at radius 3 is 2.60 bits per heavy atom. The van der Waals surface area contributed by atoms with Crippen LogP contribution in [-0.4, -0.2) is 91.5 Å². The van der Waals surface area contributed by atoms with Gasteiger partial charge < -0.3 is 34.6 Å². The van der Waals surface area contributed by atoms with Gasteiger partial charge in [-0.3, -0.25) is 4.98 Å². The lowest BCUT2D eigenvalue weighted by Crippen LogP contribution is -2.58. The third-order valence-electron chi connectivity index (χ3n) is 8.30. The first-order valence-corrected chi connectivity index (χ1v) is 15.4. The van der Waals surface area contributed by atoms with E-state index in [1.807, 2.05) is 20.8 Å². The zero-order valence-electron chi connectivity index (χ0n) is 27.0. The summed E-state index contributed by atoms with van der Waals surface area (Å²) >= 11 is 0. The second-order valence-electron chi connectivity index (χ2n) is 11.9. The average molecular weight is 651 g/mol. The van der Waals surface area contributed by atoms with Gasteiger partial charge in [-0.2, -0.15) is 4.98 Å². The molecule has 1 amide bonds. The number of hydrogen-bond acceptors (Lipinski definition) is 10. The Balaban J connectivity index is 1.84. The van der Waals surface area contributed by atoms with E-state index in [1.54, 1.807) is 30.2 Å². The highest BCUT2D eigenvalue weighted by Gasteiger charge is 2.35. The van der Waals surface area contributed by atoms with Crippen LogP contribution in [0.15, 0.2) is 41.3 Å². The van der Waals surface area contributed by atoms with Crippen molar-refractivity contribution in [3.05, 3.63) is 64.1 Å². The monoisotopic (exact) mass is 650 g/mol. The number of amides is 1. The lowest BCUT2D eigenvalue weighted by Gasteiger charge is -2.43. The number of carboxylic acid groups (broad SMARTS) is 1. The van der Waals surface area contributed by atoms with Crippen LogP contribution in [0.25, 0.3) is 28.0 Å². The van der Waals surface area contributed by atoms with Crippen LogP contribution in [0.4, 0.5) is 15.0 Å². The molecule has 14 heteroatoms. The van der Waals surface area contributed by atoms with Gasteiger partial charge in [0, 0.05) is 50.7 Å². The fourth-order valence-electron chi connectivity index (χ4n) is 6.02. The molecule has 4 heterocycles. The number of rotatable bonds is 10. The smallest absolute Gasteiger partial charge is 0.407 e. The highest BCUT2D eigenvalue weighted by atomic mass is 19.1. The molecule has 0 saturated carbocycles. The highest BCUT2D eigenvalue weighted by molar-refractivity contribution is 5.91. The molecule has 0 bridgehead atoms. The second-order valence-corrected chi connectivity index (χ2v) is 11.9. The van der Waals surface area contributed by atoms with Gasteiger partial charge >= 0.3 is 11.8 Å². The molecule has 0 unspecified atom stereocenters. The van der Waals surface area contributed by atoms with Gasteiger partial charge in [-0.15, -0.1) is 0 Å². The summed E-state index contributed by atoms with van der Waals surface area (Å²) in [5.74, 6) is -1.07. The molecule has 1 aliphatic heterocycles. The van der Waals surface area contributed by atoms with Crippen LogP contribution in [0.1, 0.15) is 51.3 Å². The molecule has 5 rings (SSSR count). The van der Waals surface area contributed by atoms with Gasteiger partial charge in [0.05, 0.1) is 16.8 Å². The molecule has 47 heavy (non-hydrogen) atoms. The summed E-state index contributed by atoms with van der Waals surface area (Å²) in [5, 5.41) is 30.6. The van der Waals surface area contributed by atoms with E-state index < -0.39 is 29.7 Å². The maximum absolute atomic E-state index is 16.2. The topological polar surface area (TPSA) is 163 Å². The maximum Gasteiger partial charge on any atom is 0.407 e. The number of phenolic OH excluding ortho intramolecular Hbond substituents is 1. The molecule has 3 N–H and O–H groups in total. The Bertz CT molecular complexity index is 1850. The Kier molecular flexibility index (Phi) is 9.91. The van der Waals surface area contributed by atoms with Crippen molar-refractivity contribution in [3.63, 3.8) is 0 Å². The molecule has 1 aromatic carbocycles. The SMILES string of the molecule is COCOc1cccc(-c2nc3c(cc2F)c(N2C[C@@H](C)N(C(=O)O)C[C@@H]2C)nc(=O)n3-c2c(CCCO)ccnc2C(C)C)c1O. The van der Waals surface area contributed by atoms with Gasteiger partial charge in [0.2, 0.25) is 0 Å². The molecule has 1 fully saturated rings. The highest BCUT2D eigenvalue weighted by Crippen LogP contribution is 2.40. The number of aryl methyl sites for hydroxylation is 1. The van der Waals surface area contributed by atoms with Crippen molar-refractivity contribution < 1.29 is 34.0 Å². The summed E-state index contributed by atoms with van der Waals surface area (Å²) in [6.07, 6.45) is 1.43. The average Bonchev–Trinajstić information content (AvgIpc) is 3.03. The van der Waals surface area contributed by atoms with Crippen LogP contribution >= 0.6 is 0 Å². The third-order valence-corrected chi connectivity index (χ3v) is 8.30. The Hall–Kier alpha value is -4.82. The summed E-state index contributed by atoms with van der Waals surface area (Å²) in [7, 11) is 1.43. The van der Waals surface area contributed by atoms with Crippen LogP contribution < -0.4 is 15.3 Å². The summed E-state index contributed by atoms with van der Waals surface area (Å²) in [4.78, 5) is 43.0. The van der Waals surface area contributed by atoms with Gasteiger partial charge in [-0.05, 0) is 62.4 Å². The van der Waals surface area contributed by atoms with E-state index in [-0.39, 0.29) is 72.0 Å². The number of halogens is 1. The number of nitrogens with zero attached hydrogens (tertiary/aromatic N) is 6. The number of piperazine rings is 1. The number of anilines is 1. The molecule has 13 nitrogen and oxygen atoms in total. The predicted octanol–water partition coefficient (Wildman–Crippen LogP) is 4.30. The van der Waals surface area contributed by atoms with E-state index in [2.05, 4.69) is 9.97 Å². The Morgan fingerprint density at radius 2 is 1.91 bits per heavy atom. The first-order valence-electron chi connectivity index (χ1n) is 15.4. The van der Waals surface area contributed by atoms with Crippen molar-refractivity contribution in [2.75, 3.05) is 38.5 Å². The minimum Gasteiger partial charge on any atom is -0.504 e. The van der Waals surface area contributed by atoms with E-state index in [9.17, 15) is 24.9 Å². The number of carbonyl (C=O) groups is 1. The number of aromatic hydroxyl groups is 1. The van der Waals surface area contributed by atoms with E-state index in [1.165, 1.54) is 34.8 Å². The van der Waals surface area contributed by atoms with E-state index in [0.717, 1.165) is 5.56 Å². The summed E-state index contributed by atoms with van der Waals surface area (Å²) in [6.45, 7) is 7.56. The number of aliphatic hydroxyl groups is 1. The molecule has 250 valence electrons. The number of phenols is 1. The molecule has 1 saturated heterocycles. The minimum absolute atomic E-state index is 0.0307. The number of benzene rings is 1. The van der Waals surface area contributed by atoms with Gasteiger partial charge in [0.15, 0.2) is 29.8 Å². The number of aromatic nitrogens is 4. The lowest BCUT2D eigenvalue weighted by atomic mass is 10.0. The summed E-state index contributed by atoms with van der Waals surface area (Å²) < 4.78 is 28.0. The number of methoxy groups -OCH3 is 1. The minimum atomic E-state index is -1.06. The van der Waals surface area contributed by atoms with Crippen LogP contribution in [0.5, 0.6) is 11.5 Å². The fraction of sp³-hybridized carbons (Fsp3) is 0.424. The quantitative estimate of drug-likeness (QED) is 0.210. The number of para-hydroxylation sites is 1. The van der Waals surface area contributed by atoms with Crippen molar-refractivity contribution in [2.45, 2.75) is 58.5 Å². The zero-order valence-corrected chi connectivity index (χ0v) is 27.0. The van der Waals surface area contributed by atoms with Crippen LogP contribution in [0, 0.1) is 5.82 Å². The van der Waals surface area contributed by atoms with Crippen molar-refractivity contribution in [2.24, 2.45) is 0 Å². The molecule has 1 aliphatic rings. The largest absolute Gasteiger partial charge is 0.504 e. The molecule has 4 aromatic rings. The molecule has 3 aromatic heterocycles. The van der Waals surface area contributed by atoms with Crippen LogP contribution in [0.2, 0.25) is 0 Å². The molecule has 0 radical (unpaired) electrons. The lowest BCUT2D eigenvalue weighted by molar-refractivity contribution is 0.0492. The number of pyridine rings is 2. The first-order chi connectivity index (χ1) is 22.5. The van der Waals surface area contributed by atoms with Crippen LogP contribution in [0.3, 0.4) is 0 Å². The summed E-state index contributed by atoms with van der Waals surface area (Å²) in [6, 6.07) is 6.73. The molecule has 0 spiro atoms. The number of fused-ring (bicyclic) bond motifs is 1. The zero-order chi connectivity index (χ0) is 34.0. The van der Waals surface area contributed by atoms with Gasteiger partial charge in [-0.25, -0.2) is 23.5 Å². The number of ether oxygens (including phenoxy) is 2. The van der Waals surface area contributed by atoms with Crippen molar-refractivity contribution in [3.8, 4) is 28.4 Å². The normalized spacial score (nSPS) is 16.7. The van der Waals surface area contributed by atoms with Crippen molar-refractivity contribution >= 4 is 22.9 Å². The van der Waals surface area contributed by atoms with Crippen LogP contribution in [-0.2, 0) is 11.2 Å². The van der Waals surface area contributed by atoms with Crippen molar-refractivity contribution in [1.82, 2.24) is 24.4 Å². The number of hydrogen-bond donors (Lipinski definition) is 3. The maximum atomic E-state index is 16.2. The van der Waals surface area contributed by atoms with Gasteiger partial charge in [-0.1, -0.05) is 19.9 Å². The van der Waals surface area contributed by atoms with E-state index >= 15 is 4.39 Å². The second kappa shape index (κ2) is 13.9. The summed E-state index contributed by atoms with van der Waals surface area (Å²) in [5.41, 5.74) is 0.919. The third kappa shape index (κ3) is 6.43. The standard InChI is InChI=1S/C33H39FN6O7/c1-18(2)26-28(21(8-7-13-41)11-12-35-26)40-31-23(30(37-32(40)43)38-15-20(4)39(33(44)45)16-19(38)3)14-24(34)27(36-31)22-9-6-10-25(29(22)42)47-17-46-5/h6,9-12,14,18-20,41-42H,7-8,13,15-17H2,1-5H3,(H,44,45)/t19-,20+/m0/s1. The Morgan fingerprint density at radius 1 is 1.15 bits per heavy atom. The molecule has 0 aliphatic carbocycles. The molecular formula is C33H39FN6O7. The van der Waals surface area contributed by atoms with Crippen molar-refractivity contribution in [1.29, 1.82) is 0 Å².